The lowest BCUT2D eigenvalue weighted by Gasteiger charge is -2.34. The lowest BCUT2D eigenvalue weighted by Crippen LogP contribution is -2.50. The molecule has 1 N–H and O–H groups in total. The van der Waals surface area contributed by atoms with E-state index in [1.807, 2.05) is 6.26 Å². The predicted octanol–water partition coefficient (Wildman–Crippen LogP) is -0.0955. The lowest BCUT2D eigenvalue weighted by atomic mass is 10.3. The summed E-state index contributed by atoms with van der Waals surface area (Å²) in [6, 6.07) is 0. The van der Waals surface area contributed by atoms with Gasteiger partial charge in [-0.2, -0.15) is 8.42 Å². The summed E-state index contributed by atoms with van der Waals surface area (Å²) in [4.78, 5) is 2.19. The topological polar surface area (TPSA) is 58.6 Å². The van der Waals surface area contributed by atoms with Gasteiger partial charge in [0.2, 0.25) is 0 Å². The molecule has 0 radical (unpaired) electrons. The van der Waals surface area contributed by atoms with Crippen LogP contribution in [0, 0.1) is 0 Å². The Morgan fingerprint density at radius 2 is 2.33 bits per heavy atom. The Balaban J connectivity index is 2.29. The van der Waals surface area contributed by atoms with Crippen molar-refractivity contribution in [1.29, 1.82) is 0 Å². The Labute approximate surface area is 95.7 Å². The molecular weight excluding hydrogens is 236 g/mol. The van der Waals surface area contributed by atoms with Gasteiger partial charge in [0, 0.05) is 13.1 Å². The molecule has 15 heavy (non-hydrogen) atoms. The van der Waals surface area contributed by atoms with Crippen LogP contribution < -0.4 is 5.32 Å². The zero-order valence-electron chi connectivity index (χ0n) is 9.10. The summed E-state index contributed by atoms with van der Waals surface area (Å²) in [7, 11) is -3.30. The highest BCUT2D eigenvalue weighted by molar-refractivity contribution is 7.99. The van der Waals surface area contributed by atoms with E-state index in [0.717, 1.165) is 25.8 Å². The fraction of sp³-hybridized carbons (Fsp3) is 1.00. The van der Waals surface area contributed by atoms with Gasteiger partial charge in [0.15, 0.2) is 0 Å². The highest BCUT2D eigenvalue weighted by atomic mass is 32.2. The van der Waals surface area contributed by atoms with Gasteiger partial charge in [0.05, 0.1) is 12.9 Å². The summed E-state index contributed by atoms with van der Waals surface area (Å²) in [5, 5.41) is 3.35. The maximum absolute atomic E-state index is 10.8. The normalized spacial score (nSPS) is 24.3. The molecule has 0 spiro atoms. The monoisotopic (exact) mass is 254 g/mol. The zero-order chi connectivity index (χ0) is 11.3. The summed E-state index contributed by atoms with van der Waals surface area (Å²) < 4.78 is 26.2. The third kappa shape index (κ3) is 5.17. The van der Waals surface area contributed by atoms with Crippen LogP contribution in [0.2, 0.25) is 0 Å². The average molecular weight is 254 g/mol. The molecule has 1 atom stereocenters. The van der Waals surface area contributed by atoms with Crippen LogP contribution in [-0.4, -0.2) is 57.6 Å². The fourth-order valence-corrected chi connectivity index (χ4v) is 2.69. The molecule has 0 aromatic carbocycles. The first-order valence-electron chi connectivity index (χ1n) is 4.87. The zero-order valence-corrected chi connectivity index (χ0v) is 10.7. The predicted molar refractivity (Wildman–Crippen MR) is 62.3 cm³/mol. The largest absolute Gasteiger partial charge is 0.293 e. The van der Waals surface area contributed by atoms with E-state index < -0.39 is 10.1 Å². The maximum Gasteiger partial charge on any atom is 0.264 e. The number of nitrogens with zero attached hydrogens (tertiary/aromatic N) is 1. The smallest absolute Gasteiger partial charge is 0.264 e. The second kappa shape index (κ2) is 6.05. The SMILES string of the molecule is CSC1NCCCN1CCOS(C)(=O)=O. The van der Waals surface area contributed by atoms with Crippen LogP contribution in [0.25, 0.3) is 0 Å². The van der Waals surface area contributed by atoms with E-state index in [0.29, 0.717) is 6.54 Å². The van der Waals surface area contributed by atoms with Gasteiger partial charge in [0.1, 0.15) is 5.50 Å². The Morgan fingerprint density at radius 1 is 1.60 bits per heavy atom. The van der Waals surface area contributed by atoms with Gasteiger partial charge >= 0.3 is 0 Å². The van der Waals surface area contributed by atoms with E-state index >= 15 is 0 Å². The van der Waals surface area contributed by atoms with E-state index in [1.54, 1.807) is 11.8 Å². The van der Waals surface area contributed by atoms with Crippen LogP contribution in [0.4, 0.5) is 0 Å². The van der Waals surface area contributed by atoms with Gasteiger partial charge < -0.3 is 0 Å². The second-order valence-electron chi connectivity index (χ2n) is 3.46. The van der Waals surface area contributed by atoms with Crippen LogP contribution in [0.3, 0.4) is 0 Å². The molecular formula is C8H18N2O3S2. The standard InChI is InChI=1S/C8H18N2O3S2/c1-14-8-9-4-3-5-10(8)6-7-13-15(2,11)12/h8-9H,3-7H2,1-2H3. The average Bonchev–Trinajstić information content (AvgIpc) is 2.16. The van der Waals surface area contributed by atoms with Crippen molar-refractivity contribution in [1.82, 2.24) is 10.2 Å². The molecule has 1 unspecified atom stereocenters. The van der Waals surface area contributed by atoms with E-state index in [-0.39, 0.29) is 12.1 Å². The van der Waals surface area contributed by atoms with E-state index in [9.17, 15) is 8.42 Å². The van der Waals surface area contributed by atoms with Crippen LogP contribution in [0.5, 0.6) is 0 Å². The van der Waals surface area contributed by atoms with Gasteiger partial charge in [-0.1, -0.05) is 0 Å². The molecule has 0 aromatic heterocycles. The molecule has 1 fully saturated rings. The van der Waals surface area contributed by atoms with Crippen molar-refractivity contribution in [2.24, 2.45) is 0 Å². The van der Waals surface area contributed by atoms with Crippen molar-refractivity contribution < 1.29 is 12.6 Å². The summed E-state index contributed by atoms with van der Waals surface area (Å²) in [6.07, 6.45) is 4.21. The minimum Gasteiger partial charge on any atom is -0.293 e. The summed E-state index contributed by atoms with van der Waals surface area (Å²) >= 11 is 1.72. The van der Waals surface area contributed by atoms with Gasteiger partial charge in [0.25, 0.3) is 10.1 Å². The Hall–Kier alpha value is 0.180. The summed E-state index contributed by atoms with van der Waals surface area (Å²) in [5.74, 6) is 0. The van der Waals surface area contributed by atoms with Crippen molar-refractivity contribution in [2.45, 2.75) is 11.9 Å². The highest BCUT2D eigenvalue weighted by Gasteiger charge is 2.20. The molecule has 1 rings (SSSR count). The van der Waals surface area contributed by atoms with Gasteiger partial charge in [-0.05, 0) is 19.2 Å². The Bertz CT molecular complexity index is 282. The van der Waals surface area contributed by atoms with Crippen molar-refractivity contribution in [3.8, 4) is 0 Å². The molecule has 0 amide bonds. The number of nitrogens with one attached hydrogen (secondary N) is 1. The van der Waals surface area contributed by atoms with Crippen LogP contribution >= 0.6 is 11.8 Å². The lowest BCUT2D eigenvalue weighted by molar-refractivity contribution is 0.160. The summed E-state index contributed by atoms with van der Waals surface area (Å²) in [6.45, 7) is 2.89. The van der Waals surface area contributed by atoms with E-state index in [2.05, 4.69) is 10.2 Å². The minimum absolute atomic E-state index is 0.234. The molecule has 90 valence electrons. The Kier molecular flexibility index (Phi) is 5.34. The van der Waals surface area contributed by atoms with Crippen LogP contribution in [-0.2, 0) is 14.3 Å². The minimum atomic E-state index is -3.30. The molecule has 0 aliphatic carbocycles. The van der Waals surface area contributed by atoms with Gasteiger partial charge in [-0.15, -0.1) is 11.8 Å². The second-order valence-corrected chi connectivity index (χ2v) is 6.02. The molecule has 0 aromatic rings. The number of rotatable bonds is 5. The van der Waals surface area contributed by atoms with Gasteiger partial charge in [-0.3, -0.25) is 14.4 Å². The van der Waals surface area contributed by atoms with E-state index in [4.69, 9.17) is 4.18 Å². The third-order valence-electron chi connectivity index (χ3n) is 2.17. The van der Waals surface area contributed by atoms with Crippen LogP contribution in [0.1, 0.15) is 6.42 Å². The first-order chi connectivity index (χ1) is 7.03. The molecule has 0 saturated carbocycles. The molecule has 7 heteroatoms. The number of hydrogen-bond donors (Lipinski definition) is 1. The molecule has 1 heterocycles. The van der Waals surface area contributed by atoms with E-state index in [1.165, 1.54) is 0 Å². The number of hydrogen-bond acceptors (Lipinski definition) is 6. The van der Waals surface area contributed by atoms with Gasteiger partial charge in [-0.25, -0.2) is 0 Å². The van der Waals surface area contributed by atoms with Crippen molar-refractivity contribution in [3.05, 3.63) is 0 Å². The van der Waals surface area contributed by atoms with Crippen molar-refractivity contribution in [2.75, 3.05) is 38.8 Å². The van der Waals surface area contributed by atoms with Crippen molar-refractivity contribution >= 4 is 21.9 Å². The van der Waals surface area contributed by atoms with Crippen LogP contribution in [0.15, 0.2) is 0 Å². The molecule has 1 saturated heterocycles. The fourth-order valence-electron chi connectivity index (χ4n) is 1.52. The quantitative estimate of drug-likeness (QED) is 0.692. The molecule has 1 aliphatic rings. The highest BCUT2D eigenvalue weighted by Crippen LogP contribution is 2.13. The Morgan fingerprint density at radius 3 is 2.93 bits per heavy atom. The first-order valence-corrected chi connectivity index (χ1v) is 7.98. The number of thioether (sulfide) groups is 1. The van der Waals surface area contributed by atoms with Crippen molar-refractivity contribution in [3.63, 3.8) is 0 Å². The first kappa shape index (κ1) is 13.2. The molecule has 1 aliphatic heterocycles. The summed E-state index contributed by atoms with van der Waals surface area (Å²) in [5.41, 5.74) is 0.280. The third-order valence-corrected chi connectivity index (χ3v) is 3.68. The molecule has 5 nitrogen and oxygen atoms in total. The molecule has 0 bridgehead atoms. The maximum atomic E-state index is 10.8.